The number of halogens is 1. The summed E-state index contributed by atoms with van der Waals surface area (Å²) in [5.74, 6) is -0.776. The number of benzene rings is 2. The summed E-state index contributed by atoms with van der Waals surface area (Å²) in [4.78, 5) is 14.2. The molecule has 0 aromatic heterocycles. The normalized spacial score (nSPS) is 11.5. The van der Waals surface area contributed by atoms with Gasteiger partial charge in [0.2, 0.25) is 15.9 Å². The number of rotatable bonds is 6. The predicted octanol–water partition coefficient (Wildman–Crippen LogP) is 2.32. The molecule has 0 atom stereocenters. The second kappa shape index (κ2) is 7.84. The van der Waals surface area contributed by atoms with Crippen LogP contribution in [0.3, 0.4) is 0 Å². The van der Waals surface area contributed by atoms with Gasteiger partial charge >= 0.3 is 0 Å². The number of carbonyl (C=O) groups excluding carboxylic acids is 1. The van der Waals surface area contributed by atoms with E-state index in [2.05, 4.69) is 5.32 Å². The fourth-order valence-electron chi connectivity index (χ4n) is 2.40. The van der Waals surface area contributed by atoms with Gasteiger partial charge in [-0.3, -0.25) is 4.79 Å². The van der Waals surface area contributed by atoms with E-state index in [1.54, 1.807) is 31.1 Å². The van der Waals surface area contributed by atoms with Crippen LogP contribution in [0, 0.1) is 5.82 Å². The highest BCUT2D eigenvalue weighted by Gasteiger charge is 2.20. The summed E-state index contributed by atoms with van der Waals surface area (Å²) in [6.07, 6.45) is -0.0186. The summed E-state index contributed by atoms with van der Waals surface area (Å²) in [5, 5.41) is 2.73. The lowest BCUT2D eigenvalue weighted by molar-refractivity contribution is -0.115. The largest absolute Gasteiger partial charge is 0.376 e. The zero-order valence-electron chi connectivity index (χ0n) is 15.2. The van der Waals surface area contributed by atoms with Crippen molar-refractivity contribution < 1.29 is 17.6 Å². The van der Waals surface area contributed by atoms with E-state index in [1.165, 1.54) is 44.4 Å². The van der Waals surface area contributed by atoms with Crippen LogP contribution in [0.1, 0.15) is 5.56 Å². The summed E-state index contributed by atoms with van der Waals surface area (Å²) in [7, 11) is 2.83. The van der Waals surface area contributed by atoms with E-state index in [4.69, 9.17) is 0 Å². The predicted molar refractivity (Wildman–Crippen MR) is 100 cm³/mol. The molecular weight excluding hydrogens is 357 g/mol. The molecule has 0 heterocycles. The zero-order chi connectivity index (χ0) is 19.5. The van der Waals surface area contributed by atoms with Crippen LogP contribution in [0.5, 0.6) is 0 Å². The maximum atomic E-state index is 13.3. The van der Waals surface area contributed by atoms with Crippen molar-refractivity contribution in [3.63, 3.8) is 0 Å². The smallest absolute Gasteiger partial charge is 0.242 e. The number of sulfonamides is 1. The van der Waals surface area contributed by atoms with Gasteiger partial charge < -0.3 is 10.2 Å². The third-order valence-corrected chi connectivity index (χ3v) is 5.57. The average Bonchev–Trinajstić information content (AvgIpc) is 2.54. The van der Waals surface area contributed by atoms with Gasteiger partial charge in [-0.25, -0.2) is 17.1 Å². The molecule has 0 saturated carbocycles. The minimum atomic E-state index is -3.63. The maximum Gasteiger partial charge on any atom is 0.242 e. The van der Waals surface area contributed by atoms with Crippen LogP contribution < -0.4 is 10.2 Å². The van der Waals surface area contributed by atoms with Crippen LogP contribution in [0.2, 0.25) is 0 Å². The van der Waals surface area contributed by atoms with Crippen molar-refractivity contribution in [3.8, 4) is 0 Å². The second-order valence-corrected chi connectivity index (χ2v) is 8.37. The first-order valence-electron chi connectivity index (χ1n) is 7.89. The molecule has 0 aliphatic rings. The Hall–Kier alpha value is -2.45. The van der Waals surface area contributed by atoms with Gasteiger partial charge in [0.25, 0.3) is 0 Å². The van der Waals surface area contributed by atoms with Gasteiger partial charge in [0, 0.05) is 28.2 Å². The van der Waals surface area contributed by atoms with Gasteiger partial charge in [0.1, 0.15) is 5.82 Å². The fraction of sp³-hybridized carbons (Fsp3) is 0.278. The molecule has 1 N–H and O–H groups in total. The molecule has 26 heavy (non-hydrogen) atoms. The van der Waals surface area contributed by atoms with E-state index < -0.39 is 15.8 Å². The summed E-state index contributed by atoms with van der Waals surface area (Å²) in [6, 6.07) is 10.3. The van der Waals surface area contributed by atoms with E-state index in [9.17, 15) is 17.6 Å². The van der Waals surface area contributed by atoms with E-state index in [0.29, 0.717) is 16.9 Å². The molecule has 8 heteroatoms. The van der Waals surface area contributed by atoms with Crippen LogP contribution >= 0.6 is 0 Å². The van der Waals surface area contributed by atoms with Crippen molar-refractivity contribution in [2.75, 3.05) is 38.4 Å². The molecule has 0 aliphatic heterocycles. The van der Waals surface area contributed by atoms with Crippen molar-refractivity contribution in [3.05, 3.63) is 53.8 Å². The minimum absolute atomic E-state index is 0.0186. The lowest BCUT2D eigenvalue weighted by Crippen LogP contribution is -2.23. The second-order valence-electron chi connectivity index (χ2n) is 6.22. The van der Waals surface area contributed by atoms with E-state index in [0.717, 1.165) is 4.31 Å². The Bertz CT molecular complexity index is 912. The third-order valence-electron chi connectivity index (χ3n) is 3.76. The SMILES string of the molecule is CN(C)c1ccc(S(=O)(=O)N(C)C)cc1NC(=O)Cc1cccc(F)c1. The monoisotopic (exact) mass is 379 g/mol. The van der Waals surface area contributed by atoms with Gasteiger partial charge in [-0.05, 0) is 35.9 Å². The first-order chi connectivity index (χ1) is 12.1. The quantitative estimate of drug-likeness (QED) is 0.836. The summed E-state index contributed by atoms with van der Waals surface area (Å²) in [5.41, 5.74) is 1.57. The van der Waals surface area contributed by atoms with E-state index in [-0.39, 0.29) is 17.2 Å². The number of anilines is 2. The van der Waals surface area contributed by atoms with Gasteiger partial charge in [0.15, 0.2) is 0 Å². The lowest BCUT2D eigenvalue weighted by atomic mass is 10.1. The molecule has 1 amide bonds. The van der Waals surface area contributed by atoms with Crippen LogP contribution in [0.15, 0.2) is 47.4 Å². The molecule has 0 bridgehead atoms. The molecule has 2 aromatic carbocycles. The highest BCUT2D eigenvalue weighted by atomic mass is 32.2. The van der Waals surface area contributed by atoms with Gasteiger partial charge in [-0.2, -0.15) is 0 Å². The van der Waals surface area contributed by atoms with Crippen molar-refractivity contribution in [1.29, 1.82) is 0 Å². The van der Waals surface area contributed by atoms with Crippen LogP contribution in [-0.4, -0.2) is 46.8 Å². The topological polar surface area (TPSA) is 69.7 Å². The molecule has 2 rings (SSSR count). The number of hydrogen-bond donors (Lipinski definition) is 1. The standard InChI is InChI=1S/C18H22FN3O3S/c1-21(2)17-9-8-15(26(24,25)22(3)4)12-16(17)20-18(23)11-13-6-5-7-14(19)10-13/h5-10,12H,11H2,1-4H3,(H,20,23). The number of amides is 1. The summed E-state index contributed by atoms with van der Waals surface area (Å²) in [6.45, 7) is 0. The fourth-order valence-corrected chi connectivity index (χ4v) is 3.33. The molecule has 0 fully saturated rings. The Balaban J connectivity index is 2.32. The lowest BCUT2D eigenvalue weighted by Gasteiger charge is -2.20. The van der Waals surface area contributed by atoms with Crippen LogP contribution in [0.4, 0.5) is 15.8 Å². The van der Waals surface area contributed by atoms with Crippen LogP contribution in [0.25, 0.3) is 0 Å². The van der Waals surface area contributed by atoms with Crippen LogP contribution in [-0.2, 0) is 21.2 Å². The highest BCUT2D eigenvalue weighted by molar-refractivity contribution is 7.89. The van der Waals surface area contributed by atoms with Gasteiger partial charge in [-0.15, -0.1) is 0 Å². The first-order valence-corrected chi connectivity index (χ1v) is 9.33. The Kier molecular flexibility index (Phi) is 5.99. The minimum Gasteiger partial charge on any atom is -0.376 e. The molecule has 6 nitrogen and oxygen atoms in total. The first kappa shape index (κ1) is 19.9. The molecule has 140 valence electrons. The summed E-state index contributed by atoms with van der Waals surface area (Å²) < 4.78 is 39.0. The average molecular weight is 379 g/mol. The Morgan fingerprint density at radius 2 is 1.77 bits per heavy atom. The maximum absolute atomic E-state index is 13.3. The molecule has 0 aliphatic carbocycles. The van der Waals surface area contributed by atoms with Gasteiger partial charge in [-0.1, -0.05) is 12.1 Å². The molecular formula is C18H22FN3O3S. The Labute approximate surface area is 153 Å². The Morgan fingerprint density at radius 3 is 2.35 bits per heavy atom. The van der Waals surface area contributed by atoms with Crippen molar-refractivity contribution in [1.82, 2.24) is 4.31 Å². The molecule has 0 saturated heterocycles. The van der Waals surface area contributed by atoms with E-state index in [1.807, 2.05) is 0 Å². The number of nitrogens with one attached hydrogen (secondary N) is 1. The molecule has 0 spiro atoms. The summed E-state index contributed by atoms with van der Waals surface area (Å²) >= 11 is 0. The van der Waals surface area contributed by atoms with E-state index >= 15 is 0 Å². The van der Waals surface area contributed by atoms with Crippen molar-refractivity contribution >= 4 is 27.3 Å². The third kappa shape index (κ3) is 4.59. The molecule has 0 unspecified atom stereocenters. The molecule has 2 aromatic rings. The van der Waals surface area contributed by atoms with Crippen molar-refractivity contribution in [2.24, 2.45) is 0 Å². The highest BCUT2D eigenvalue weighted by Crippen LogP contribution is 2.28. The number of hydrogen-bond acceptors (Lipinski definition) is 4. The number of carbonyl (C=O) groups is 1. The Morgan fingerprint density at radius 1 is 1.08 bits per heavy atom. The van der Waals surface area contributed by atoms with Gasteiger partial charge in [0.05, 0.1) is 22.7 Å². The molecule has 0 radical (unpaired) electrons. The zero-order valence-corrected chi connectivity index (χ0v) is 16.0. The number of nitrogens with zero attached hydrogens (tertiary/aromatic N) is 2. The van der Waals surface area contributed by atoms with Crippen molar-refractivity contribution in [2.45, 2.75) is 11.3 Å².